The van der Waals surface area contributed by atoms with Crippen molar-refractivity contribution in [1.82, 2.24) is 15.2 Å². The van der Waals surface area contributed by atoms with E-state index in [0.717, 1.165) is 30.3 Å². The Bertz CT molecular complexity index is 571. The Morgan fingerprint density at radius 1 is 1.14 bits per heavy atom. The van der Waals surface area contributed by atoms with Gasteiger partial charge in [-0.1, -0.05) is 12.1 Å². The molecule has 1 N–H and O–H groups in total. The molecule has 21 heavy (non-hydrogen) atoms. The van der Waals surface area contributed by atoms with Crippen molar-refractivity contribution in [2.75, 3.05) is 29.9 Å². The summed E-state index contributed by atoms with van der Waals surface area (Å²) in [4.78, 5) is 6.62. The molecule has 112 valence electrons. The number of para-hydroxylation sites is 2. The highest BCUT2D eigenvalue weighted by Crippen LogP contribution is 2.26. The van der Waals surface area contributed by atoms with Crippen molar-refractivity contribution in [2.45, 2.75) is 20.8 Å². The summed E-state index contributed by atoms with van der Waals surface area (Å²) in [5.41, 5.74) is 0.831. The second-order valence-corrected chi connectivity index (χ2v) is 4.36. The van der Waals surface area contributed by atoms with Crippen LogP contribution in [0.5, 0.6) is 5.75 Å². The molecule has 0 saturated heterocycles. The molecule has 0 bridgehead atoms. The van der Waals surface area contributed by atoms with Crippen LogP contribution >= 0.6 is 0 Å². The average molecular weight is 287 g/mol. The van der Waals surface area contributed by atoms with Gasteiger partial charge in [0.05, 0.1) is 18.5 Å². The minimum atomic E-state index is 0.464. The predicted octanol–water partition coefficient (Wildman–Crippen LogP) is 2.86. The van der Waals surface area contributed by atoms with Crippen LogP contribution in [0.1, 0.15) is 20.8 Å². The molecule has 0 aliphatic carbocycles. The maximum Gasteiger partial charge on any atom is 0.249 e. The molecule has 0 saturated carbocycles. The lowest BCUT2D eigenvalue weighted by atomic mass is 10.3. The molecule has 0 spiro atoms. The monoisotopic (exact) mass is 287 g/mol. The molecule has 0 aliphatic heterocycles. The number of rotatable bonds is 7. The van der Waals surface area contributed by atoms with Crippen molar-refractivity contribution in [2.24, 2.45) is 0 Å². The molecule has 2 rings (SSSR count). The van der Waals surface area contributed by atoms with Crippen LogP contribution in [0.4, 0.5) is 17.5 Å². The Balaban J connectivity index is 2.22. The molecule has 0 atom stereocenters. The smallest absolute Gasteiger partial charge is 0.249 e. The van der Waals surface area contributed by atoms with Crippen LogP contribution in [0.15, 0.2) is 30.5 Å². The van der Waals surface area contributed by atoms with E-state index < -0.39 is 0 Å². The largest absolute Gasteiger partial charge is 0.492 e. The normalized spacial score (nSPS) is 10.2. The van der Waals surface area contributed by atoms with Gasteiger partial charge in [0, 0.05) is 13.1 Å². The highest BCUT2D eigenvalue weighted by Gasteiger charge is 2.08. The summed E-state index contributed by atoms with van der Waals surface area (Å²) in [6.45, 7) is 8.49. The quantitative estimate of drug-likeness (QED) is 0.845. The van der Waals surface area contributed by atoms with E-state index in [0.29, 0.717) is 12.6 Å². The minimum absolute atomic E-state index is 0.464. The molecule has 1 heterocycles. The van der Waals surface area contributed by atoms with Crippen molar-refractivity contribution in [3.8, 4) is 5.75 Å². The maximum absolute atomic E-state index is 5.58. The number of nitrogens with zero attached hydrogens (tertiary/aromatic N) is 4. The zero-order chi connectivity index (χ0) is 15.1. The molecule has 2 aromatic rings. The molecule has 0 amide bonds. The SMILES string of the molecule is CCOc1ccccc1Nc1nncc(N(CC)CC)n1. The van der Waals surface area contributed by atoms with Crippen molar-refractivity contribution in [3.05, 3.63) is 30.5 Å². The molecule has 6 heteroatoms. The predicted molar refractivity (Wildman–Crippen MR) is 84.3 cm³/mol. The van der Waals surface area contributed by atoms with Crippen molar-refractivity contribution in [1.29, 1.82) is 0 Å². The third-order valence-corrected chi connectivity index (χ3v) is 3.07. The Morgan fingerprint density at radius 2 is 1.90 bits per heavy atom. The van der Waals surface area contributed by atoms with Gasteiger partial charge in [-0.2, -0.15) is 10.1 Å². The van der Waals surface area contributed by atoms with Gasteiger partial charge in [0.25, 0.3) is 0 Å². The fraction of sp³-hybridized carbons (Fsp3) is 0.400. The van der Waals surface area contributed by atoms with Gasteiger partial charge in [-0.25, -0.2) is 0 Å². The molecule has 1 aromatic heterocycles. The van der Waals surface area contributed by atoms with E-state index in [1.165, 1.54) is 0 Å². The molecule has 0 fully saturated rings. The lowest BCUT2D eigenvalue weighted by molar-refractivity contribution is 0.342. The van der Waals surface area contributed by atoms with E-state index in [1.807, 2.05) is 31.2 Å². The molecule has 0 unspecified atom stereocenters. The fourth-order valence-corrected chi connectivity index (χ4v) is 2.02. The van der Waals surface area contributed by atoms with Gasteiger partial charge < -0.3 is 15.0 Å². The van der Waals surface area contributed by atoms with Crippen LogP contribution in [-0.2, 0) is 0 Å². The number of benzene rings is 1. The second-order valence-electron chi connectivity index (χ2n) is 4.36. The van der Waals surface area contributed by atoms with Gasteiger partial charge in [-0.15, -0.1) is 5.10 Å². The molecule has 6 nitrogen and oxygen atoms in total. The van der Waals surface area contributed by atoms with E-state index in [-0.39, 0.29) is 0 Å². The fourth-order valence-electron chi connectivity index (χ4n) is 2.02. The zero-order valence-electron chi connectivity index (χ0n) is 12.7. The molecule has 0 aliphatic rings. The first-order valence-electron chi connectivity index (χ1n) is 7.22. The van der Waals surface area contributed by atoms with Crippen LogP contribution in [0.3, 0.4) is 0 Å². The standard InChI is InChI=1S/C15H21N5O/c1-4-20(5-2)14-11-16-19-15(18-14)17-12-9-7-8-10-13(12)21-6-3/h7-11H,4-6H2,1-3H3,(H,17,18,19). The van der Waals surface area contributed by atoms with Crippen LogP contribution in [0.25, 0.3) is 0 Å². The van der Waals surface area contributed by atoms with Crippen LogP contribution < -0.4 is 15.0 Å². The van der Waals surface area contributed by atoms with Gasteiger partial charge in [0.15, 0.2) is 5.82 Å². The summed E-state index contributed by atoms with van der Waals surface area (Å²) in [6.07, 6.45) is 1.67. The molecular weight excluding hydrogens is 266 g/mol. The van der Waals surface area contributed by atoms with Crippen LogP contribution in [0.2, 0.25) is 0 Å². The summed E-state index contributed by atoms with van der Waals surface area (Å²) >= 11 is 0. The molecular formula is C15H21N5O. The van der Waals surface area contributed by atoms with E-state index in [2.05, 4.69) is 39.2 Å². The Morgan fingerprint density at radius 3 is 2.62 bits per heavy atom. The van der Waals surface area contributed by atoms with E-state index in [9.17, 15) is 0 Å². The number of hydrogen-bond donors (Lipinski definition) is 1. The minimum Gasteiger partial charge on any atom is -0.492 e. The van der Waals surface area contributed by atoms with Gasteiger partial charge in [0.1, 0.15) is 5.75 Å². The van der Waals surface area contributed by atoms with Gasteiger partial charge in [-0.05, 0) is 32.9 Å². The topological polar surface area (TPSA) is 63.2 Å². The highest BCUT2D eigenvalue weighted by molar-refractivity contribution is 5.62. The molecule has 1 aromatic carbocycles. The first-order valence-corrected chi connectivity index (χ1v) is 7.22. The third kappa shape index (κ3) is 3.81. The van der Waals surface area contributed by atoms with Gasteiger partial charge in [0.2, 0.25) is 5.95 Å². The van der Waals surface area contributed by atoms with E-state index in [1.54, 1.807) is 6.20 Å². The first kappa shape index (κ1) is 15.0. The second kappa shape index (κ2) is 7.42. The summed E-state index contributed by atoms with van der Waals surface area (Å²) in [7, 11) is 0. The number of ether oxygens (including phenoxy) is 1. The van der Waals surface area contributed by atoms with E-state index in [4.69, 9.17) is 4.74 Å². The van der Waals surface area contributed by atoms with E-state index >= 15 is 0 Å². The Kier molecular flexibility index (Phi) is 5.31. The van der Waals surface area contributed by atoms with Crippen LogP contribution in [-0.4, -0.2) is 34.9 Å². The number of anilines is 3. The highest BCUT2D eigenvalue weighted by atomic mass is 16.5. The zero-order valence-corrected chi connectivity index (χ0v) is 12.7. The number of hydrogen-bond acceptors (Lipinski definition) is 6. The maximum atomic E-state index is 5.58. The lowest BCUT2D eigenvalue weighted by Gasteiger charge is -2.19. The third-order valence-electron chi connectivity index (χ3n) is 3.07. The van der Waals surface area contributed by atoms with Crippen LogP contribution in [0, 0.1) is 0 Å². The summed E-state index contributed by atoms with van der Waals surface area (Å²) in [5, 5.41) is 11.2. The van der Waals surface area contributed by atoms with Gasteiger partial charge >= 0.3 is 0 Å². The molecule has 0 radical (unpaired) electrons. The van der Waals surface area contributed by atoms with Gasteiger partial charge in [-0.3, -0.25) is 0 Å². The Hall–Kier alpha value is -2.37. The summed E-state index contributed by atoms with van der Waals surface area (Å²) in [6, 6.07) is 7.71. The number of nitrogens with one attached hydrogen (secondary N) is 1. The van der Waals surface area contributed by atoms with Crippen molar-refractivity contribution >= 4 is 17.5 Å². The van der Waals surface area contributed by atoms with Crippen molar-refractivity contribution < 1.29 is 4.74 Å². The number of aromatic nitrogens is 3. The van der Waals surface area contributed by atoms with Crippen molar-refractivity contribution in [3.63, 3.8) is 0 Å². The lowest BCUT2D eigenvalue weighted by Crippen LogP contribution is -2.23. The summed E-state index contributed by atoms with van der Waals surface area (Å²) in [5.74, 6) is 2.05. The first-order chi connectivity index (χ1) is 10.3. The Labute approximate surface area is 125 Å². The summed E-state index contributed by atoms with van der Waals surface area (Å²) < 4.78 is 5.58. The average Bonchev–Trinajstić information content (AvgIpc) is 2.51.